The van der Waals surface area contributed by atoms with Gasteiger partial charge in [-0.3, -0.25) is 4.79 Å². The molecule has 2 unspecified atom stereocenters. The molecule has 0 saturated carbocycles. The lowest BCUT2D eigenvalue weighted by molar-refractivity contribution is -0.122. The molecule has 2 N–H and O–H groups in total. The van der Waals surface area contributed by atoms with Crippen molar-refractivity contribution in [3.8, 4) is 5.75 Å². The lowest BCUT2D eigenvalue weighted by Crippen LogP contribution is -2.38. The fourth-order valence-electron chi connectivity index (χ4n) is 2.33. The number of benzene rings is 2. The number of nitrogens with one attached hydrogen (secondary N) is 2. The third-order valence-corrected chi connectivity index (χ3v) is 4.24. The molecule has 0 radical (unpaired) electrons. The van der Waals surface area contributed by atoms with E-state index in [1.807, 2.05) is 62.4 Å². The average Bonchev–Trinajstić information content (AvgIpc) is 2.54. The van der Waals surface area contributed by atoms with E-state index in [0.717, 1.165) is 20.6 Å². The van der Waals surface area contributed by atoms with Crippen LogP contribution in [0.2, 0.25) is 0 Å². The van der Waals surface area contributed by atoms with E-state index < -0.39 is 0 Å². The van der Waals surface area contributed by atoms with E-state index in [0.29, 0.717) is 0 Å². The number of rotatable bonds is 6. The van der Waals surface area contributed by atoms with E-state index >= 15 is 0 Å². The minimum atomic E-state index is -0.328. The zero-order valence-corrected chi connectivity index (χ0v) is 15.6. The second-order valence-corrected chi connectivity index (χ2v) is 6.59. The minimum absolute atomic E-state index is 0.0535. The van der Waals surface area contributed by atoms with Gasteiger partial charge < -0.3 is 15.4 Å². The smallest absolute Gasteiger partial charge is 0.242 e. The van der Waals surface area contributed by atoms with Crippen LogP contribution in [0, 0.1) is 3.57 Å². The van der Waals surface area contributed by atoms with Crippen LogP contribution in [0.4, 0.5) is 5.69 Å². The molecule has 2 rings (SSSR count). The van der Waals surface area contributed by atoms with Crippen molar-refractivity contribution in [2.24, 2.45) is 0 Å². The van der Waals surface area contributed by atoms with Gasteiger partial charge in [-0.25, -0.2) is 0 Å². The molecule has 0 aliphatic heterocycles. The van der Waals surface area contributed by atoms with E-state index in [9.17, 15) is 4.79 Å². The number of hydrogen-bond donors (Lipinski definition) is 2. The topological polar surface area (TPSA) is 50.4 Å². The van der Waals surface area contributed by atoms with Crippen molar-refractivity contribution < 1.29 is 9.53 Å². The highest BCUT2D eigenvalue weighted by molar-refractivity contribution is 14.1. The Hall–Kier alpha value is -1.76. The molecule has 2 aromatic rings. The van der Waals surface area contributed by atoms with Gasteiger partial charge in [0.25, 0.3) is 0 Å². The number of ether oxygens (including phenoxy) is 1. The molecule has 23 heavy (non-hydrogen) atoms. The number of amides is 1. The predicted octanol–water partition coefficient (Wildman–Crippen LogP) is 3.98. The summed E-state index contributed by atoms with van der Waals surface area (Å²) in [6.07, 6.45) is 0. The van der Waals surface area contributed by atoms with Gasteiger partial charge in [-0.2, -0.15) is 0 Å². The van der Waals surface area contributed by atoms with Gasteiger partial charge >= 0.3 is 0 Å². The first-order valence-corrected chi connectivity index (χ1v) is 8.54. The first kappa shape index (κ1) is 17.6. The van der Waals surface area contributed by atoms with Gasteiger partial charge in [-0.1, -0.05) is 24.3 Å². The molecule has 122 valence electrons. The third kappa shape index (κ3) is 4.86. The molecule has 2 atom stereocenters. The highest BCUT2D eigenvalue weighted by Crippen LogP contribution is 2.24. The first-order chi connectivity index (χ1) is 11.0. The summed E-state index contributed by atoms with van der Waals surface area (Å²) in [6, 6.07) is 15.2. The van der Waals surface area contributed by atoms with Crippen LogP contribution in [0.15, 0.2) is 48.5 Å². The molecule has 0 aliphatic rings. The molecule has 5 heteroatoms. The standard InChI is InChI=1S/C18H21IN2O2/c1-12(16-9-4-5-10-17(16)23-3)21-18(22)13(2)20-15-8-6-7-14(19)11-15/h4-13,20H,1-3H3,(H,21,22). The Balaban J connectivity index is 2.00. The minimum Gasteiger partial charge on any atom is -0.496 e. The second kappa shape index (κ2) is 8.19. The lowest BCUT2D eigenvalue weighted by Gasteiger charge is -2.21. The fourth-order valence-corrected chi connectivity index (χ4v) is 2.88. The molecule has 0 heterocycles. The number of carbonyl (C=O) groups excluding carboxylic acids is 1. The SMILES string of the molecule is COc1ccccc1C(C)NC(=O)C(C)Nc1cccc(I)c1. The van der Waals surface area contributed by atoms with Gasteiger partial charge in [0.15, 0.2) is 0 Å². The van der Waals surface area contributed by atoms with Crippen molar-refractivity contribution >= 4 is 34.2 Å². The number of anilines is 1. The zero-order chi connectivity index (χ0) is 16.8. The van der Waals surface area contributed by atoms with E-state index in [1.54, 1.807) is 7.11 Å². The maximum absolute atomic E-state index is 12.4. The van der Waals surface area contributed by atoms with Crippen LogP contribution in [-0.4, -0.2) is 19.1 Å². The summed E-state index contributed by atoms with van der Waals surface area (Å²) >= 11 is 2.25. The molecular weight excluding hydrogens is 403 g/mol. The maximum atomic E-state index is 12.4. The summed E-state index contributed by atoms with van der Waals surface area (Å²) in [5, 5.41) is 6.24. The predicted molar refractivity (Wildman–Crippen MR) is 102 cm³/mol. The summed E-state index contributed by atoms with van der Waals surface area (Å²) in [4.78, 5) is 12.4. The summed E-state index contributed by atoms with van der Waals surface area (Å²) in [5.41, 5.74) is 1.90. The van der Waals surface area contributed by atoms with Gasteiger partial charge in [0, 0.05) is 14.8 Å². The molecule has 0 aromatic heterocycles. The number of hydrogen-bond acceptors (Lipinski definition) is 3. The van der Waals surface area contributed by atoms with Crippen LogP contribution in [0.25, 0.3) is 0 Å². The van der Waals surface area contributed by atoms with Crippen molar-refractivity contribution in [1.29, 1.82) is 0 Å². The molecule has 0 bridgehead atoms. The molecule has 0 fully saturated rings. The number of methoxy groups -OCH3 is 1. The zero-order valence-electron chi connectivity index (χ0n) is 13.5. The van der Waals surface area contributed by atoms with Crippen LogP contribution in [0.5, 0.6) is 5.75 Å². The molecule has 0 saturated heterocycles. The van der Waals surface area contributed by atoms with Crippen molar-refractivity contribution in [2.45, 2.75) is 25.9 Å². The van der Waals surface area contributed by atoms with Gasteiger partial charge in [0.05, 0.1) is 13.2 Å². The Bertz CT molecular complexity index is 676. The molecule has 0 aliphatic carbocycles. The van der Waals surface area contributed by atoms with E-state index in [2.05, 4.69) is 33.2 Å². The van der Waals surface area contributed by atoms with E-state index in [-0.39, 0.29) is 18.0 Å². The summed E-state index contributed by atoms with van der Waals surface area (Å²) in [6.45, 7) is 3.80. The highest BCUT2D eigenvalue weighted by Gasteiger charge is 2.18. The van der Waals surface area contributed by atoms with Gasteiger partial charge in [-0.15, -0.1) is 0 Å². The largest absolute Gasteiger partial charge is 0.496 e. The number of para-hydroxylation sites is 1. The van der Waals surface area contributed by atoms with Crippen LogP contribution in [-0.2, 0) is 4.79 Å². The van der Waals surface area contributed by atoms with Crippen LogP contribution >= 0.6 is 22.6 Å². The van der Waals surface area contributed by atoms with E-state index in [1.165, 1.54) is 0 Å². The van der Waals surface area contributed by atoms with Crippen molar-refractivity contribution in [3.05, 3.63) is 57.7 Å². The highest BCUT2D eigenvalue weighted by atomic mass is 127. The summed E-state index contributed by atoms with van der Waals surface area (Å²) in [7, 11) is 1.63. The maximum Gasteiger partial charge on any atom is 0.242 e. The van der Waals surface area contributed by atoms with Gasteiger partial charge in [0.2, 0.25) is 5.91 Å². The monoisotopic (exact) mass is 424 g/mol. The normalized spacial score (nSPS) is 13.0. The molecular formula is C18H21IN2O2. The number of halogens is 1. The Morgan fingerprint density at radius 1 is 1.13 bits per heavy atom. The Labute approximate surface area is 150 Å². The van der Waals surface area contributed by atoms with Crippen LogP contribution < -0.4 is 15.4 Å². The second-order valence-electron chi connectivity index (χ2n) is 5.35. The third-order valence-electron chi connectivity index (χ3n) is 3.57. The van der Waals surface area contributed by atoms with Crippen LogP contribution in [0.3, 0.4) is 0 Å². The summed E-state index contributed by atoms with van der Waals surface area (Å²) in [5.74, 6) is 0.723. The molecule has 1 amide bonds. The van der Waals surface area contributed by atoms with E-state index in [4.69, 9.17) is 4.74 Å². The summed E-state index contributed by atoms with van der Waals surface area (Å²) < 4.78 is 6.48. The average molecular weight is 424 g/mol. The number of carbonyl (C=O) groups is 1. The van der Waals surface area contributed by atoms with Crippen molar-refractivity contribution in [1.82, 2.24) is 5.32 Å². The quantitative estimate of drug-likeness (QED) is 0.690. The van der Waals surface area contributed by atoms with Crippen LogP contribution in [0.1, 0.15) is 25.5 Å². The Morgan fingerprint density at radius 2 is 1.87 bits per heavy atom. The van der Waals surface area contributed by atoms with Gasteiger partial charge in [-0.05, 0) is 60.7 Å². The first-order valence-electron chi connectivity index (χ1n) is 7.46. The fraction of sp³-hybridized carbons (Fsp3) is 0.278. The molecule has 0 spiro atoms. The molecule has 4 nitrogen and oxygen atoms in total. The Morgan fingerprint density at radius 3 is 2.57 bits per heavy atom. The van der Waals surface area contributed by atoms with Crippen molar-refractivity contribution in [3.63, 3.8) is 0 Å². The van der Waals surface area contributed by atoms with Gasteiger partial charge in [0.1, 0.15) is 11.8 Å². The lowest BCUT2D eigenvalue weighted by atomic mass is 10.1. The Kier molecular flexibility index (Phi) is 6.27. The van der Waals surface area contributed by atoms with Crippen molar-refractivity contribution in [2.75, 3.05) is 12.4 Å². The molecule has 2 aromatic carbocycles.